The van der Waals surface area contributed by atoms with Gasteiger partial charge in [-0.3, -0.25) is 14.5 Å². The molecule has 0 radical (unpaired) electrons. The summed E-state index contributed by atoms with van der Waals surface area (Å²) in [5.41, 5.74) is 1.67. The van der Waals surface area contributed by atoms with Crippen LogP contribution in [-0.4, -0.2) is 42.1 Å². The second kappa shape index (κ2) is 7.89. The average molecular weight is 395 g/mol. The van der Waals surface area contributed by atoms with Crippen LogP contribution in [0.2, 0.25) is 0 Å². The summed E-state index contributed by atoms with van der Waals surface area (Å²) < 4.78 is 1.71. The molecule has 8 nitrogen and oxygen atoms in total. The molecule has 1 fully saturated rings. The second-order valence-corrected chi connectivity index (χ2v) is 7.90. The van der Waals surface area contributed by atoms with Crippen LogP contribution in [0, 0.1) is 6.92 Å². The number of likely N-dealkylation sites (tertiary alicyclic amines) is 1. The third-order valence-corrected chi connectivity index (χ3v) is 5.40. The van der Waals surface area contributed by atoms with E-state index in [2.05, 4.69) is 25.4 Å². The molecule has 4 heterocycles. The van der Waals surface area contributed by atoms with Crippen LogP contribution in [0.15, 0.2) is 37.1 Å². The van der Waals surface area contributed by atoms with Gasteiger partial charge < -0.3 is 10.2 Å². The van der Waals surface area contributed by atoms with Gasteiger partial charge >= 0.3 is 0 Å². The molecule has 1 amide bonds. The minimum absolute atomic E-state index is 0.0342. The molecule has 0 bridgehead atoms. The molecule has 0 saturated carbocycles. The summed E-state index contributed by atoms with van der Waals surface area (Å²) in [6.07, 6.45) is 13.9. The Bertz CT molecular complexity index is 1010. The van der Waals surface area contributed by atoms with Crippen molar-refractivity contribution >= 4 is 34.3 Å². The molecule has 1 atom stereocenters. The first-order valence-electron chi connectivity index (χ1n) is 9.08. The van der Waals surface area contributed by atoms with Crippen molar-refractivity contribution in [2.75, 3.05) is 11.9 Å². The van der Waals surface area contributed by atoms with Crippen molar-refractivity contribution in [3.63, 3.8) is 0 Å². The minimum atomic E-state index is -0.108. The van der Waals surface area contributed by atoms with Crippen LogP contribution in [0.1, 0.15) is 35.0 Å². The Kier molecular flexibility index (Phi) is 5.16. The zero-order chi connectivity index (χ0) is 19.5. The zero-order valence-corrected chi connectivity index (χ0v) is 16.6. The van der Waals surface area contributed by atoms with Gasteiger partial charge in [-0.05, 0) is 25.8 Å². The first-order valence-corrected chi connectivity index (χ1v) is 9.89. The summed E-state index contributed by atoms with van der Waals surface area (Å²) >= 11 is 1.56. The monoisotopic (exact) mass is 395 g/mol. The first kappa shape index (κ1) is 18.3. The molecule has 28 heavy (non-hydrogen) atoms. The molecular weight excluding hydrogens is 374 g/mol. The van der Waals surface area contributed by atoms with Crippen molar-refractivity contribution in [3.8, 4) is 0 Å². The van der Waals surface area contributed by atoms with Gasteiger partial charge in [0.25, 0.3) is 0 Å². The van der Waals surface area contributed by atoms with E-state index in [0.29, 0.717) is 12.4 Å². The van der Waals surface area contributed by atoms with Crippen molar-refractivity contribution in [3.05, 3.63) is 53.2 Å². The molecule has 0 aromatic carbocycles. The summed E-state index contributed by atoms with van der Waals surface area (Å²) in [6, 6.07) is -0.108. The van der Waals surface area contributed by atoms with Gasteiger partial charge in [-0.25, -0.2) is 9.97 Å². The number of aryl methyl sites for hydroxylation is 2. The Hall–Kier alpha value is -3.07. The summed E-state index contributed by atoms with van der Waals surface area (Å²) in [6.45, 7) is 2.71. The highest BCUT2D eigenvalue weighted by Gasteiger charge is 2.32. The summed E-state index contributed by atoms with van der Waals surface area (Å²) in [5.74, 6) is 0.617. The molecular formula is C19H21N7OS. The van der Waals surface area contributed by atoms with Crippen molar-refractivity contribution < 1.29 is 4.79 Å². The maximum atomic E-state index is 12.8. The predicted octanol–water partition coefficient (Wildman–Crippen LogP) is 3.10. The standard InChI is InChI=1S/C19H21N7OS/c1-13-10-22-19(28-13)24-18-17(20-7-8-21-18)15-4-3-9-26(15)16(27)6-5-14-11-23-25(2)12-14/h5-8,10-12,15H,3-4,9H2,1-2H3,(H,21,22,24). The third-order valence-electron chi connectivity index (χ3n) is 4.57. The lowest BCUT2D eigenvalue weighted by Gasteiger charge is -2.24. The molecule has 4 rings (SSSR count). The Morgan fingerprint density at radius 3 is 2.89 bits per heavy atom. The minimum Gasteiger partial charge on any atom is -0.330 e. The summed E-state index contributed by atoms with van der Waals surface area (Å²) in [7, 11) is 1.85. The number of carbonyl (C=O) groups is 1. The quantitative estimate of drug-likeness (QED) is 0.668. The van der Waals surface area contributed by atoms with Crippen LogP contribution in [0.5, 0.6) is 0 Å². The number of nitrogens with one attached hydrogen (secondary N) is 1. The molecule has 1 aliphatic heterocycles. The number of nitrogens with zero attached hydrogens (tertiary/aromatic N) is 6. The number of thiazole rings is 1. The average Bonchev–Trinajstić information content (AvgIpc) is 3.42. The summed E-state index contributed by atoms with van der Waals surface area (Å²) in [4.78, 5) is 29.1. The SMILES string of the molecule is Cc1cnc(Nc2nccnc2C2CCCN2C(=O)C=Cc2cnn(C)c2)s1. The molecule has 0 aliphatic carbocycles. The number of anilines is 2. The van der Waals surface area contributed by atoms with Gasteiger partial charge in [0.1, 0.15) is 5.69 Å². The van der Waals surface area contributed by atoms with Crippen molar-refractivity contribution in [2.24, 2.45) is 7.05 Å². The van der Waals surface area contributed by atoms with Gasteiger partial charge in [0, 0.05) is 54.9 Å². The Morgan fingerprint density at radius 1 is 1.29 bits per heavy atom. The van der Waals surface area contributed by atoms with E-state index in [1.165, 1.54) is 0 Å². The van der Waals surface area contributed by atoms with E-state index in [9.17, 15) is 4.79 Å². The molecule has 1 aliphatic rings. The largest absolute Gasteiger partial charge is 0.330 e. The molecule has 1 N–H and O–H groups in total. The number of carbonyl (C=O) groups excluding carboxylic acids is 1. The van der Waals surface area contributed by atoms with Gasteiger partial charge in [-0.2, -0.15) is 5.10 Å². The van der Waals surface area contributed by atoms with Crippen molar-refractivity contribution in [1.82, 2.24) is 29.6 Å². The molecule has 0 spiro atoms. The highest BCUT2D eigenvalue weighted by atomic mass is 32.1. The van der Waals surface area contributed by atoms with E-state index in [-0.39, 0.29) is 11.9 Å². The summed E-state index contributed by atoms with van der Waals surface area (Å²) in [5, 5.41) is 8.14. The van der Waals surface area contributed by atoms with Gasteiger partial charge in [0.15, 0.2) is 10.9 Å². The van der Waals surface area contributed by atoms with E-state index in [1.807, 2.05) is 31.3 Å². The fraction of sp³-hybridized carbons (Fsp3) is 0.316. The molecule has 9 heteroatoms. The fourth-order valence-corrected chi connectivity index (χ4v) is 3.97. The number of amides is 1. The van der Waals surface area contributed by atoms with Crippen LogP contribution >= 0.6 is 11.3 Å². The number of rotatable bonds is 5. The fourth-order valence-electron chi connectivity index (χ4n) is 3.31. The smallest absolute Gasteiger partial charge is 0.247 e. The van der Waals surface area contributed by atoms with Crippen molar-refractivity contribution in [1.29, 1.82) is 0 Å². The van der Waals surface area contributed by atoms with Gasteiger partial charge in [-0.15, -0.1) is 11.3 Å². The molecule has 3 aromatic rings. The van der Waals surface area contributed by atoms with E-state index < -0.39 is 0 Å². The van der Waals surface area contributed by atoms with E-state index in [0.717, 1.165) is 34.1 Å². The van der Waals surface area contributed by atoms with Gasteiger partial charge in [0.2, 0.25) is 5.91 Å². The predicted molar refractivity (Wildman–Crippen MR) is 108 cm³/mol. The number of aromatic nitrogens is 5. The second-order valence-electron chi connectivity index (χ2n) is 6.66. The van der Waals surface area contributed by atoms with Crippen LogP contribution in [0.4, 0.5) is 10.9 Å². The molecule has 144 valence electrons. The van der Waals surface area contributed by atoms with Crippen LogP contribution in [-0.2, 0) is 11.8 Å². The molecule has 1 saturated heterocycles. The zero-order valence-electron chi connectivity index (χ0n) is 15.7. The Balaban J connectivity index is 1.54. The highest BCUT2D eigenvalue weighted by molar-refractivity contribution is 7.15. The highest BCUT2D eigenvalue weighted by Crippen LogP contribution is 2.35. The number of hydrogen-bond donors (Lipinski definition) is 1. The van der Waals surface area contributed by atoms with E-state index >= 15 is 0 Å². The molecule has 3 aromatic heterocycles. The van der Waals surface area contributed by atoms with Gasteiger partial charge in [-0.1, -0.05) is 0 Å². The van der Waals surface area contributed by atoms with Gasteiger partial charge in [0.05, 0.1) is 12.2 Å². The van der Waals surface area contributed by atoms with Crippen LogP contribution in [0.25, 0.3) is 6.08 Å². The van der Waals surface area contributed by atoms with Crippen LogP contribution in [0.3, 0.4) is 0 Å². The lowest BCUT2D eigenvalue weighted by molar-refractivity contribution is -0.126. The normalized spacial score (nSPS) is 16.8. The van der Waals surface area contributed by atoms with E-state index in [4.69, 9.17) is 0 Å². The topological polar surface area (TPSA) is 88.8 Å². The Labute approximate surface area is 167 Å². The lowest BCUT2D eigenvalue weighted by atomic mass is 10.1. The molecule has 1 unspecified atom stereocenters. The maximum Gasteiger partial charge on any atom is 0.247 e. The van der Waals surface area contributed by atoms with Crippen LogP contribution < -0.4 is 5.32 Å². The maximum absolute atomic E-state index is 12.8. The Morgan fingerprint density at radius 2 is 2.14 bits per heavy atom. The van der Waals surface area contributed by atoms with E-state index in [1.54, 1.807) is 46.8 Å². The van der Waals surface area contributed by atoms with Crippen molar-refractivity contribution in [2.45, 2.75) is 25.8 Å². The lowest BCUT2D eigenvalue weighted by Crippen LogP contribution is -2.30. The first-order chi connectivity index (χ1) is 13.6. The third kappa shape index (κ3) is 3.94. The number of hydrogen-bond acceptors (Lipinski definition) is 7.